The van der Waals surface area contributed by atoms with Crippen LogP contribution in [0.15, 0.2) is 30.6 Å². The van der Waals surface area contributed by atoms with Crippen LogP contribution in [0.1, 0.15) is 57.2 Å². The molecule has 1 aliphatic heterocycles. The Hall–Kier alpha value is -3.41. The molecule has 0 fully saturated rings. The highest BCUT2D eigenvalue weighted by Gasteiger charge is 2.35. The van der Waals surface area contributed by atoms with E-state index in [0.717, 1.165) is 24.9 Å². The number of imidazole rings is 1. The predicted molar refractivity (Wildman–Crippen MR) is 135 cm³/mol. The van der Waals surface area contributed by atoms with Crippen molar-refractivity contribution in [3.63, 3.8) is 0 Å². The van der Waals surface area contributed by atoms with Gasteiger partial charge in [0.05, 0.1) is 22.8 Å². The molecule has 5 rings (SSSR count). The fraction of sp³-hybridized carbons (Fsp3) is 0.440. The highest BCUT2D eigenvalue weighted by molar-refractivity contribution is 6.32. The van der Waals surface area contributed by atoms with Gasteiger partial charge in [-0.25, -0.2) is 19.0 Å². The lowest BCUT2D eigenvalue weighted by Gasteiger charge is -2.32. The van der Waals surface area contributed by atoms with Crippen LogP contribution in [0.3, 0.4) is 0 Å². The minimum atomic E-state index is -4.61. The van der Waals surface area contributed by atoms with E-state index in [9.17, 15) is 13.2 Å². The van der Waals surface area contributed by atoms with Crippen molar-refractivity contribution in [2.45, 2.75) is 65.0 Å². The molecule has 4 heterocycles. The Morgan fingerprint density at radius 2 is 1.97 bits per heavy atom. The predicted octanol–water partition coefficient (Wildman–Crippen LogP) is 6.39. The van der Waals surface area contributed by atoms with E-state index in [4.69, 9.17) is 21.7 Å². The molecule has 0 saturated heterocycles. The molecule has 0 amide bonds. The van der Waals surface area contributed by atoms with Crippen LogP contribution in [0.4, 0.5) is 23.2 Å². The average Bonchev–Trinajstić information content (AvgIpc) is 3.58. The Balaban J connectivity index is 1.47. The molecule has 202 valence electrons. The minimum absolute atomic E-state index is 0.00480. The summed E-state index contributed by atoms with van der Waals surface area (Å²) in [7, 11) is 1.84. The average molecular weight is 551 g/mol. The lowest BCUT2D eigenvalue weighted by Crippen LogP contribution is -2.30. The molecular formula is C25H27ClF4N8. The van der Waals surface area contributed by atoms with Crippen molar-refractivity contribution in [2.24, 2.45) is 0 Å². The number of hydrogen-bond donors (Lipinski definition) is 0. The Labute approximate surface area is 221 Å². The number of benzene rings is 1. The van der Waals surface area contributed by atoms with E-state index in [1.165, 1.54) is 16.7 Å². The van der Waals surface area contributed by atoms with Crippen molar-refractivity contribution in [3.05, 3.63) is 53.0 Å². The molecule has 0 saturated carbocycles. The molecule has 1 unspecified atom stereocenters. The van der Waals surface area contributed by atoms with Gasteiger partial charge in [-0.15, -0.1) is 5.10 Å². The number of aryl methyl sites for hydroxylation is 2. The van der Waals surface area contributed by atoms with Crippen molar-refractivity contribution in [1.29, 1.82) is 0 Å². The summed E-state index contributed by atoms with van der Waals surface area (Å²) >= 11 is 6.42. The van der Waals surface area contributed by atoms with Gasteiger partial charge >= 0.3 is 6.18 Å². The molecule has 1 aromatic carbocycles. The zero-order valence-electron chi connectivity index (χ0n) is 21.3. The highest BCUT2D eigenvalue weighted by Crippen LogP contribution is 2.37. The smallest absolute Gasteiger partial charge is 0.364 e. The van der Waals surface area contributed by atoms with Crippen molar-refractivity contribution in [2.75, 3.05) is 11.9 Å². The number of hydrogen-bond acceptors (Lipinski definition) is 5. The zero-order valence-corrected chi connectivity index (χ0v) is 22.1. The lowest BCUT2D eigenvalue weighted by atomic mass is 10.0. The Kier molecular flexibility index (Phi) is 6.70. The van der Waals surface area contributed by atoms with Crippen molar-refractivity contribution >= 4 is 17.3 Å². The van der Waals surface area contributed by atoms with Crippen molar-refractivity contribution < 1.29 is 17.6 Å². The quantitative estimate of drug-likeness (QED) is 0.260. The molecule has 1 aliphatic rings. The first-order chi connectivity index (χ1) is 18.0. The number of anilines is 1. The van der Waals surface area contributed by atoms with Crippen LogP contribution in [0, 0.1) is 5.82 Å². The molecule has 4 aromatic rings. The second-order valence-corrected chi connectivity index (χ2v) is 9.97. The molecule has 0 spiro atoms. The normalized spacial score (nSPS) is 15.8. The number of alkyl halides is 3. The molecule has 0 aliphatic carbocycles. The van der Waals surface area contributed by atoms with E-state index in [1.807, 2.05) is 30.5 Å². The van der Waals surface area contributed by atoms with Crippen LogP contribution >= 0.6 is 11.6 Å². The second-order valence-electron chi connectivity index (χ2n) is 9.56. The van der Waals surface area contributed by atoms with Gasteiger partial charge in [-0.2, -0.15) is 18.3 Å². The standard InChI is InChI=1S/C25H27ClF4N8/c1-5-36-13-20(25(28,29)30)32-23(36)16-9-8-15(11-18(16)27)35(4)19-7-6-10-37-24(19)33-22(34-37)21-17(26)12-31-38(21)14(2)3/h8-9,11-14,19H,5-7,10H2,1-4H3. The lowest BCUT2D eigenvalue weighted by molar-refractivity contribution is -0.140. The molecule has 0 radical (unpaired) electrons. The van der Waals surface area contributed by atoms with Crippen LogP contribution in [0.2, 0.25) is 5.02 Å². The fourth-order valence-electron chi connectivity index (χ4n) is 4.83. The molecule has 1 atom stereocenters. The zero-order chi connectivity index (χ0) is 27.4. The number of nitrogens with zero attached hydrogens (tertiary/aromatic N) is 8. The number of halogens is 5. The maximum Gasteiger partial charge on any atom is 0.434 e. The maximum atomic E-state index is 15.3. The topological polar surface area (TPSA) is 69.6 Å². The molecule has 3 aromatic heterocycles. The Morgan fingerprint density at radius 1 is 1.21 bits per heavy atom. The fourth-order valence-corrected chi connectivity index (χ4v) is 5.05. The van der Waals surface area contributed by atoms with Gasteiger partial charge in [0.15, 0.2) is 5.69 Å². The Bertz CT molecular complexity index is 1470. The molecule has 13 heteroatoms. The third kappa shape index (κ3) is 4.55. The Morgan fingerprint density at radius 3 is 2.63 bits per heavy atom. The number of rotatable bonds is 6. The van der Waals surface area contributed by atoms with E-state index < -0.39 is 17.7 Å². The van der Waals surface area contributed by atoms with Crippen LogP contribution < -0.4 is 4.90 Å². The largest absolute Gasteiger partial charge is 0.434 e. The molecule has 38 heavy (non-hydrogen) atoms. The van der Waals surface area contributed by atoms with Crippen LogP contribution in [-0.4, -0.2) is 41.1 Å². The van der Waals surface area contributed by atoms with Crippen molar-refractivity contribution in [3.8, 4) is 22.9 Å². The summed E-state index contributed by atoms with van der Waals surface area (Å²) < 4.78 is 59.8. The summed E-state index contributed by atoms with van der Waals surface area (Å²) in [4.78, 5) is 10.4. The highest BCUT2D eigenvalue weighted by atomic mass is 35.5. The van der Waals surface area contributed by atoms with E-state index in [0.29, 0.717) is 28.8 Å². The van der Waals surface area contributed by atoms with Gasteiger partial charge in [0.1, 0.15) is 23.2 Å². The van der Waals surface area contributed by atoms with Gasteiger partial charge in [0, 0.05) is 38.1 Å². The summed E-state index contributed by atoms with van der Waals surface area (Å²) in [5.41, 5.74) is 0.159. The van der Waals surface area contributed by atoms with Crippen molar-refractivity contribution in [1.82, 2.24) is 34.1 Å². The van der Waals surface area contributed by atoms with E-state index in [1.54, 1.807) is 23.9 Å². The van der Waals surface area contributed by atoms with Gasteiger partial charge in [0.2, 0.25) is 5.82 Å². The maximum absolute atomic E-state index is 15.3. The van der Waals surface area contributed by atoms with Crippen LogP contribution in [0.5, 0.6) is 0 Å². The minimum Gasteiger partial charge on any atom is -0.364 e. The summed E-state index contributed by atoms with van der Waals surface area (Å²) in [5.74, 6) is 0.480. The molecule has 8 nitrogen and oxygen atoms in total. The summed E-state index contributed by atoms with van der Waals surface area (Å²) in [6, 6.07) is 4.34. The first kappa shape index (κ1) is 26.2. The SMILES string of the molecule is CCn1cc(C(F)(F)F)nc1-c1ccc(N(C)C2CCCn3nc(-c4c(Cl)cnn4C(C)C)nc32)cc1F. The van der Waals surface area contributed by atoms with Crippen LogP contribution in [-0.2, 0) is 19.3 Å². The summed E-state index contributed by atoms with van der Waals surface area (Å²) in [6.07, 6.45) is -0.523. The molecule has 0 N–H and O–H groups in total. The monoisotopic (exact) mass is 550 g/mol. The molecular weight excluding hydrogens is 524 g/mol. The van der Waals surface area contributed by atoms with Gasteiger partial charge in [-0.1, -0.05) is 11.6 Å². The third-order valence-corrected chi connectivity index (χ3v) is 7.05. The summed E-state index contributed by atoms with van der Waals surface area (Å²) in [6.45, 7) is 6.58. The second kappa shape index (κ2) is 9.72. The van der Waals surface area contributed by atoms with E-state index >= 15 is 4.39 Å². The first-order valence-electron chi connectivity index (χ1n) is 12.3. The first-order valence-corrected chi connectivity index (χ1v) is 12.7. The number of fused-ring (bicyclic) bond motifs is 1. The van der Waals surface area contributed by atoms with Crippen LogP contribution in [0.25, 0.3) is 22.9 Å². The summed E-state index contributed by atoms with van der Waals surface area (Å²) in [5, 5.41) is 9.50. The van der Waals surface area contributed by atoms with Gasteiger partial charge in [-0.3, -0.25) is 4.68 Å². The third-order valence-electron chi connectivity index (χ3n) is 6.77. The molecule has 0 bridgehead atoms. The van der Waals surface area contributed by atoms with Gasteiger partial charge in [0.25, 0.3) is 0 Å². The van der Waals surface area contributed by atoms with Gasteiger partial charge in [-0.05, 0) is 51.8 Å². The van der Waals surface area contributed by atoms with E-state index in [-0.39, 0.29) is 30.0 Å². The number of aromatic nitrogens is 7. The van der Waals surface area contributed by atoms with E-state index in [2.05, 4.69) is 10.1 Å². The van der Waals surface area contributed by atoms with Gasteiger partial charge < -0.3 is 9.47 Å².